The normalized spacial score (nSPS) is 22.0. The van der Waals surface area contributed by atoms with E-state index in [4.69, 9.17) is 4.74 Å². The molecule has 12 heteroatoms. The van der Waals surface area contributed by atoms with Gasteiger partial charge in [-0.2, -0.15) is 0 Å². The molecule has 1 aliphatic carbocycles. The fraction of sp³-hybridized carbons (Fsp3) is 0.655. The molecule has 1 saturated heterocycles. The standard InChI is InChI=1S/C29H45N5O7/c1-10-12-30-23(36)18(35)14-31-24(37)21-19-17(29(19,8)9)15-34(21)25(38)22(28(5,6)7)33-27(40)32-20(16(3)4)26(39)41-13-11-2/h10-11,16-17,19-22H,1-2,12-15H2,3-9H3,(H,30,36)(H,31,37)(H2,32,33,40)/t17-,19-,20-,21-,22+/m0/s1. The lowest BCUT2D eigenvalue weighted by atomic mass is 9.85. The van der Waals surface area contributed by atoms with Crippen LogP contribution in [-0.2, 0) is 28.7 Å². The number of carbonyl (C=O) groups excluding carboxylic acids is 6. The van der Waals surface area contributed by atoms with Crippen LogP contribution in [0, 0.1) is 28.6 Å². The number of amides is 5. The molecule has 1 saturated carbocycles. The summed E-state index contributed by atoms with van der Waals surface area (Å²) < 4.78 is 5.09. The zero-order valence-electron chi connectivity index (χ0n) is 25.2. The van der Waals surface area contributed by atoms with E-state index in [0.717, 1.165) is 0 Å². The fourth-order valence-electron chi connectivity index (χ4n) is 5.29. The summed E-state index contributed by atoms with van der Waals surface area (Å²) in [6, 6.07) is -3.60. The molecule has 2 rings (SSSR count). The maximum atomic E-state index is 13.9. The fourth-order valence-corrected chi connectivity index (χ4v) is 5.29. The minimum atomic E-state index is -1.04. The third-order valence-electron chi connectivity index (χ3n) is 7.78. The summed E-state index contributed by atoms with van der Waals surface area (Å²) >= 11 is 0. The van der Waals surface area contributed by atoms with Crippen molar-refractivity contribution in [1.29, 1.82) is 0 Å². The molecule has 0 radical (unpaired) electrons. The van der Waals surface area contributed by atoms with Crippen molar-refractivity contribution in [3.05, 3.63) is 25.3 Å². The highest BCUT2D eigenvalue weighted by Crippen LogP contribution is 2.65. The first-order valence-corrected chi connectivity index (χ1v) is 13.8. The van der Waals surface area contributed by atoms with Crippen LogP contribution in [0.1, 0.15) is 48.5 Å². The van der Waals surface area contributed by atoms with Gasteiger partial charge in [0.2, 0.25) is 17.6 Å². The van der Waals surface area contributed by atoms with Crippen molar-refractivity contribution < 1.29 is 33.5 Å². The van der Waals surface area contributed by atoms with Gasteiger partial charge >= 0.3 is 12.0 Å². The molecule has 5 atom stereocenters. The Labute approximate surface area is 242 Å². The van der Waals surface area contributed by atoms with E-state index in [-0.39, 0.29) is 36.3 Å². The summed E-state index contributed by atoms with van der Waals surface area (Å²) in [5.41, 5.74) is -0.948. The van der Waals surface area contributed by atoms with Crippen molar-refractivity contribution in [1.82, 2.24) is 26.2 Å². The molecule has 4 N–H and O–H groups in total. The number of hydrogen-bond acceptors (Lipinski definition) is 7. The molecule has 0 bridgehead atoms. The number of carbonyl (C=O) groups is 6. The zero-order valence-corrected chi connectivity index (χ0v) is 25.2. The second kappa shape index (κ2) is 13.3. The molecule has 0 aromatic carbocycles. The van der Waals surface area contributed by atoms with Crippen LogP contribution >= 0.6 is 0 Å². The summed E-state index contributed by atoms with van der Waals surface area (Å²) in [6.45, 7) is 19.8. The second-order valence-corrected chi connectivity index (χ2v) is 12.6. The van der Waals surface area contributed by atoms with Crippen LogP contribution in [0.25, 0.3) is 0 Å². The lowest BCUT2D eigenvalue weighted by molar-refractivity contribution is -0.145. The molecule has 228 valence electrons. The number of Topliss-reactive ketones (excluding diaryl/α,β-unsaturated/α-hetero) is 1. The number of piperidine rings is 1. The SMILES string of the molecule is C=CCNC(=O)C(=O)CNC(=O)[C@@H]1[C@@H]2[C@H](CN1C(=O)[C@@H](NC(=O)N[C@H](C(=O)OCC=C)C(C)C)C(C)(C)C)C2(C)C. The topological polar surface area (TPSA) is 163 Å². The van der Waals surface area contributed by atoms with E-state index in [9.17, 15) is 28.8 Å². The second-order valence-electron chi connectivity index (χ2n) is 12.6. The Morgan fingerprint density at radius 3 is 2.20 bits per heavy atom. The molecular weight excluding hydrogens is 530 g/mol. The summed E-state index contributed by atoms with van der Waals surface area (Å²) in [6.07, 6.45) is 2.85. The van der Waals surface area contributed by atoms with E-state index >= 15 is 0 Å². The van der Waals surface area contributed by atoms with Crippen molar-refractivity contribution in [3.63, 3.8) is 0 Å². The summed E-state index contributed by atoms with van der Waals surface area (Å²) in [4.78, 5) is 78.3. The third-order valence-corrected chi connectivity index (χ3v) is 7.78. The number of ether oxygens (including phenoxy) is 1. The van der Waals surface area contributed by atoms with E-state index in [0.29, 0.717) is 6.54 Å². The average Bonchev–Trinajstić information content (AvgIpc) is 3.21. The van der Waals surface area contributed by atoms with Crippen molar-refractivity contribution in [2.45, 2.75) is 66.6 Å². The first kappa shape index (κ1) is 33.5. The van der Waals surface area contributed by atoms with Gasteiger partial charge in [0.25, 0.3) is 5.91 Å². The van der Waals surface area contributed by atoms with Gasteiger partial charge in [-0.05, 0) is 28.6 Å². The van der Waals surface area contributed by atoms with Gasteiger partial charge in [-0.3, -0.25) is 19.2 Å². The Bertz CT molecular complexity index is 1080. The molecule has 5 amide bonds. The van der Waals surface area contributed by atoms with Crippen LogP contribution in [0.4, 0.5) is 4.79 Å². The highest BCUT2D eigenvalue weighted by molar-refractivity contribution is 6.37. The van der Waals surface area contributed by atoms with Crippen LogP contribution in [-0.4, -0.2) is 84.8 Å². The van der Waals surface area contributed by atoms with Crippen molar-refractivity contribution in [3.8, 4) is 0 Å². The van der Waals surface area contributed by atoms with Gasteiger partial charge in [-0.15, -0.1) is 6.58 Å². The van der Waals surface area contributed by atoms with Crippen LogP contribution in [0.15, 0.2) is 25.3 Å². The van der Waals surface area contributed by atoms with E-state index in [1.54, 1.807) is 34.6 Å². The van der Waals surface area contributed by atoms with Gasteiger partial charge in [0.15, 0.2) is 0 Å². The van der Waals surface area contributed by atoms with Gasteiger partial charge in [0.05, 0.1) is 6.54 Å². The van der Waals surface area contributed by atoms with Gasteiger partial charge in [0.1, 0.15) is 24.7 Å². The molecule has 1 aliphatic heterocycles. The van der Waals surface area contributed by atoms with E-state index in [1.807, 2.05) is 13.8 Å². The number of nitrogens with one attached hydrogen (secondary N) is 4. The smallest absolute Gasteiger partial charge is 0.329 e. The molecule has 2 fully saturated rings. The zero-order chi connectivity index (χ0) is 31.3. The molecule has 0 aromatic rings. The van der Waals surface area contributed by atoms with Crippen LogP contribution in [0.3, 0.4) is 0 Å². The van der Waals surface area contributed by atoms with Crippen LogP contribution in [0.5, 0.6) is 0 Å². The minimum absolute atomic E-state index is 0.00333. The molecule has 1 heterocycles. The van der Waals surface area contributed by atoms with Crippen LogP contribution in [0.2, 0.25) is 0 Å². The van der Waals surface area contributed by atoms with E-state index in [2.05, 4.69) is 34.4 Å². The number of fused-ring (bicyclic) bond motifs is 1. The molecule has 0 unspecified atom stereocenters. The Hall–Kier alpha value is -3.70. The van der Waals surface area contributed by atoms with Crippen molar-refractivity contribution in [2.75, 3.05) is 26.2 Å². The number of esters is 1. The highest BCUT2D eigenvalue weighted by Gasteiger charge is 2.69. The van der Waals surface area contributed by atoms with Crippen molar-refractivity contribution >= 4 is 35.5 Å². The largest absolute Gasteiger partial charge is 0.460 e. The number of likely N-dealkylation sites (tertiary alicyclic amines) is 1. The van der Waals surface area contributed by atoms with Crippen LogP contribution < -0.4 is 21.3 Å². The van der Waals surface area contributed by atoms with E-state index < -0.39 is 65.6 Å². The minimum Gasteiger partial charge on any atom is -0.460 e. The lowest BCUT2D eigenvalue weighted by Crippen LogP contribution is -2.61. The molecule has 12 nitrogen and oxygen atoms in total. The van der Waals surface area contributed by atoms with E-state index in [1.165, 1.54) is 17.1 Å². The van der Waals surface area contributed by atoms with Gasteiger partial charge in [0, 0.05) is 13.1 Å². The monoisotopic (exact) mass is 575 g/mol. The van der Waals surface area contributed by atoms with Gasteiger partial charge in [-0.25, -0.2) is 9.59 Å². The molecular formula is C29H45N5O7. The molecule has 0 aromatic heterocycles. The maximum Gasteiger partial charge on any atom is 0.329 e. The summed E-state index contributed by atoms with van der Waals surface area (Å²) in [7, 11) is 0. The molecule has 2 aliphatic rings. The van der Waals surface area contributed by atoms with Gasteiger partial charge < -0.3 is 30.9 Å². The number of hydrogen-bond donors (Lipinski definition) is 4. The first-order chi connectivity index (χ1) is 19.0. The highest BCUT2D eigenvalue weighted by atomic mass is 16.5. The quantitative estimate of drug-likeness (QED) is 0.144. The van der Waals surface area contributed by atoms with Crippen molar-refractivity contribution in [2.24, 2.45) is 28.6 Å². The molecule has 41 heavy (non-hydrogen) atoms. The maximum absolute atomic E-state index is 13.9. The predicted octanol–water partition coefficient (Wildman–Crippen LogP) is 0.925. The molecule has 0 spiro atoms. The third kappa shape index (κ3) is 7.95. The Morgan fingerprint density at radius 2 is 1.66 bits per heavy atom. The van der Waals surface area contributed by atoms with Gasteiger partial charge in [-0.1, -0.05) is 67.2 Å². The number of urea groups is 1. The lowest BCUT2D eigenvalue weighted by Gasteiger charge is -2.37. The predicted molar refractivity (Wildman–Crippen MR) is 152 cm³/mol. The Balaban J connectivity index is 2.20. The Kier molecular flexibility index (Phi) is 10.9. The summed E-state index contributed by atoms with van der Waals surface area (Å²) in [5.74, 6) is -3.65. The first-order valence-electron chi connectivity index (χ1n) is 13.8. The Morgan fingerprint density at radius 1 is 1.02 bits per heavy atom. The number of rotatable bonds is 13. The number of ketones is 1. The average molecular weight is 576 g/mol. The number of nitrogens with zero attached hydrogens (tertiary/aromatic N) is 1. The summed E-state index contributed by atoms with van der Waals surface area (Å²) in [5, 5.41) is 10.2.